The molecule has 10 heteroatoms. The number of halogens is 3. The van der Waals surface area contributed by atoms with Crippen LogP contribution in [0.25, 0.3) is 0 Å². The Labute approximate surface area is 138 Å². The van der Waals surface area contributed by atoms with Crippen molar-refractivity contribution in [2.75, 3.05) is 11.1 Å². The standard InChI is InChI=1S/C11H7Cl3N4O2S/c12-5-1-7(14)8(2-6(5)13)16-10(20)4-21-11-17-9(19)3-15-18-11/h1-3H,4H2,(H,16,20)(H,17,18,19). The third-order valence-corrected chi connectivity index (χ3v) is 4.08. The summed E-state index contributed by atoms with van der Waals surface area (Å²) < 4.78 is 0. The number of anilines is 1. The molecule has 2 rings (SSSR count). The number of carbonyl (C=O) groups excluding carboxylic acids is 1. The summed E-state index contributed by atoms with van der Waals surface area (Å²) in [7, 11) is 0. The van der Waals surface area contributed by atoms with Gasteiger partial charge < -0.3 is 5.32 Å². The minimum Gasteiger partial charge on any atom is -0.324 e. The number of nitrogens with one attached hydrogen (secondary N) is 2. The van der Waals surface area contributed by atoms with Crippen LogP contribution in [-0.4, -0.2) is 26.8 Å². The van der Waals surface area contributed by atoms with Gasteiger partial charge in [-0.2, -0.15) is 5.10 Å². The van der Waals surface area contributed by atoms with E-state index in [1.807, 2.05) is 0 Å². The van der Waals surface area contributed by atoms with Crippen LogP contribution in [0.1, 0.15) is 0 Å². The fourth-order valence-corrected chi connectivity index (χ4v) is 2.51. The number of aromatic nitrogens is 3. The van der Waals surface area contributed by atoms with Gasteiger partial charge in [-0.1, -0.05) is 46.6 Å². The molecule has 0 radical (unpaired) electrons. The topological polar surface area (TPSA) is 87.7 Å². The van der Waals surface area contributed by atoms with Crippen molar-refractivity contribution in [1.82, 2.24) is 15.2 Å². The molecule has 110 valence electrons. The van der Waals surface area contributed by atoms with Crippen LogP contribution in [-0.2, 0) is 4.79 Å². The van der Waals surface area contributed by atoms with E-state index >= 15 is 0 Å². The number of hydrogen-bond acceptors (Lipinski definition) is 5. The summed E-state index contributed by atoms with van der Waals surface area (Å²) in [4.78, 5) is 25.3. The zero-order valence-electron chi connectivity index (χ0n) is 10.2. The molecule has 0 atom stereocenters. The summed E-state index contributed by atoms with van der Waals surface area (Å²) in [6.45, 7) is 0. The van der Waals surface area contributed by atoms with Gasteiger partial charge in [0.15, 0.2) is 5.16 Å². The summed E-state index contributed by atoms with van der Waals surface area (Å²) in [6.07, 6.45) is 1.04. The number of amides is 1. The summed E-state index contributed by atoms with van der Waals surface area (Å²) in [5.41, 5.74) is -0.0373. The predicted molar refractivity (Wildman–Crippen MR) is 83.5 cm³/mol. The van der Waals surface area contributed by atoms with Gasteiger partial charge in [-0.05, 0) is 12.1 Å². The maximum atomic E-state index is 11.8. The van der Waals surface area contributed by atoms with Crippen LogP contribution in [0.3, 0.4) is 0 Å². The zero-order valence-corrected chi connectivity index (χ0v) is 13.3. The van der Waals surface area contributed by atoms with Crippen molar-refractivity contribution in [3.63, 3.8) is 0 Å². The van der Waals surface area contributed by atoms with Crippen LogP contribution in [0.5, 0.6) is 0 Å². The molecule has 21 heavy (non-hydrogen) atoms. The lowest BCUT2D eigenvalue weighted by Crippen LogP contribution is -2.15. The Balaban J connectivity index is 1.99. The highest BCUT2D eigenvalue weighted by atomic mass is 35.5. The first kappa shape index (κ1) is 16.1. The molecule has 0 aliphatic heterocycles. The first-order valence-electron chi connectivity index (χ1n) is 5.45. The summed E-state index contributed by atoms with van der Waals surface area (Å²) in [5, 5.41) is 10.8. The van der Waals surface area contributed by atoms with Crippen LogP contribution in [0.15, 0.2) is 28.3 Å². The van der Waals surface area contributed by atoms with E-state index in [1.165, 1.54) is 12.1 Å². The number of H-pyrrole nitrogens is 1. The number of carbonyl (C=O) groups is 1. The van der Waals surface area contributed by atoms with E-state index < -0.39 is 0 Å². The first-order chi connectivity index (χ1) is 9.95. The number of hydrogen-bond donors (Lipinski definition) is 2. The van der Waals surface area contributed by atoms with Crippen molar-refractivity contribution < 1.29 is 4.79 Å². The highest BCUT2D eigenvalue weighted by molar-refractivity contribution is 7.99. The molecule has 2 N–H and O–H groups in total. The highest BCUT2D eigenvalue weighted by Gasteiger charge is 2.10. The molecule has 0 saturated heterocycles. The van der Waals surface area contributed by atoms with E-state index in [-0.39, 0.29) is 32.4 Å². The molecular formula is C11H7Cl3N4O2S. The van der Waals surface area contributed by atoms with E-state index in [2.05, 4.69) is 20.5 Å². The van der Waals surface area contributed by atoms with Crippen LogP contribution >= 0.6 is 46.6 Å². The van der Waals surface area contributed by atoms with E-state index in [0.29, 0.717) is 10.7 Å². The second-order valence-corrected chi connectivity index (χ2v) is 5.91. The number of benzene rings is 1. The minimum absolute atomic E-state index is 0.0191. The normalized spacial score (nSPS) is 10.4. The molecule has 0 aliphatic carbocycles. The van der Waals surface area contributed by atoms with Gasteiger partial charge in [-0.25, -0.2) is 0 Å². The van der Waals surface area contributed by atoms with Crippen molar-refractivity contribution >= 4 is 58.2 Å². The molecule has 2 aromatic rings. The lowest BCUT2D eigenvalue weighted by atomic mass is 10.3. The van der Waals surface area contributed by atoms with Gasteiger partial charge in [0.05, 0.1) is 26.5 Å². The van der Waals surface area contributed by atoms with Gasteiger partial charge in [0.1, 0.15) is 6.20 Å². The average molecular weight is 366 g/mol. The van der Waals surface area contributed by atoms with Gasteiger partial charge in [-0.15, -0.1) is 5.10 Å². The van der Waals surface area contributed by atoms with Crippen LogP contribution in [0.4, 0.5) is 5.69 Å². The van der Waals surface area contributed by atoms with Gasteiger partial charge in [0, 0.05) is 0 Å². The smallest absolute Gasteiger partial charge is 0.270 e. The molecular weight excluding hydrogens is 359 g/mol. The summed E-state index contributed by atoms with van der Waals surface area (Å²) in [6, 6.07) is 2.90. The molecule has 1 amide bonds. The Morgan fingerprint density at radius 3 is 2.67 bits per heavy atom. The lowest BCUT2D eigenvalue weighted by Gasteiger charge is -2.08. The Bertz CT molecular complexity index is 738. The molecule has 6 nitrogen and oxygen atoms in total. The number of thioether (sulfide) groups is 1. The van der Waals surface area contributed by atoms with Gasteiger partial charge in [0.25, 0.3) is 5.56 Å². The monoisotopic (exact) mass is 364 g/mol. The second-order valence-electron chi connectivity index (χ2n) is 3.72. The molecule has 0 spiro atoms. The zero-order chi connectivity index (χ0) is 15.4. The van der Waals surface area contributed by atoms with Crippen LogP contribution in [0, 0.1) is 0 Å². The maximum absolute atomic E-state index is 11.8. The maximum Gasteiger partial charge on any atom is 0.270 e. The minimum atomic E-state index is -0.388. The van der Waals surface area contributed by atoms with E-state index in [4.69, 9.17) is 34.8 Å². The van der Waals surface area contributed by atoms with Crippen molar-refractivity contribution in [3.8, 4) is 0 Å². The van der Waals surface area contributed by atoms with E-state index in [9.17, 15) is 9.59 Å². The molecule has 1 aromatic heterocycles. The summed E-state index contributed by atoms with van der Waals surface area (Å²) >= 11 is 18.6. The first-order valence-corrected chi connectivity index (χ1v) is 7.57. The van der Waals surface area contributed by atoms with Crippen LogP contribution in [0.2, 0.25) is 15.1 Å². The number of rotatable bonds is 4. The number of aromatic amines is 1. The van der Waals surface area contributed by atoms with Crippen molar-refractivity contribution in [2.24, 2.45) is 0 Å². The Morgan fingerprint density at radius 2 is 1.95 bits per heavy atom. The van der Waals surface area contributed by atoms with Crippen LogP contribution < -0.4 is 10.9 Å². The quantitative estimate of drug-likeness (QED) is 0.642. The van der Waals surface area contributed by atoms with Crippen molar-refractivity contribution in [2.45, 2.75) is 5.16 Å². The third-order valence-electron chi connectivity index (χ3n) is 2.18. The van der Waals surface area contributed by atoms with E-state index in [0.717, 1.165) is 18.0 Å². The second kappa shape index (κ2) is 7.13. The Kier molecular flexibility index (Phi) is 5.46. The van der Waals surface area contributed by atoms with Crippen molar-refractivity contribution in [1.29, 1.82) is 0 Å². The van der Waals surface area contributed by atoms with Crippen molar-refractivity contribution in [3.05, 3.63) is 43.8 Å². The van der Waals surface area contributed by atoms with E-state index in [1.54, 1.807) is 0 Å². The highest BCUT2D eigenvalue weighted by Crippen LogP contribution is 2.32. The molecule has 1 aromatic carbocycles. The van der Waals surface area contributed by atoms with Gasteiger partial charge in [-0.3, -0.25) is 14.6 Å². The lowest BCUT2D eigenvalue weighted by molar-refractivity contribution is -0.113. The predicted octanol–water partition coefficient (Wildman–Crippen LogP) is 2.86. The Hall–Kier alpha value is -1.28. The number of nitrogens with zero attached hydrogens (tertiary/aromatic N) is 2. The molecule has 0 unspecified atom stereocenters. The molecule has 0 fully saturated rings. The average Bonchev–Trinajstić information content (AvgIpc) is 2.43. The summed E-state index contributed by atoms with van der Waals surface area (Å²) in [5.74, 6) is -0.322. The fraction of sp³-hybridized carbons (Fsp3) is 0.0909. The fourth-order valence-electron chi connectivity index (χ4n) is 1.30. The third kappa shape index (κ3) is 4.60. The SMILES string of the molecule is O=C(CSc1nncc(=O)[nH]1)Nc1cc(Cl)c(Cl)cc1Cl. The molecule has 0 saturated carbocycles. The molecule has 1 heterocycles. The molecule has 0 bridgehead atoms. The van der Waals surface area contributed by atoms with Gasteiger partial charge >= 0.3 is 0 Å². The Morgan fingerprint density at radius 1 is 1.24 bits per heavy atom. The largest absolute Gasteiger partial charge is 0.324 e. The van der Waals surface area contributed by atoms with Gasteiger partial charge in [0.2, 0.25) is 5.91 Å². The molecule has 0 aliphatic rings.